The molecule has 2 amide bonds. The molecule has 3 rings (SSSR count). The summed E-state index contributed by atoms with van der Waals surface area (Å²) in [5, 5.41) is 2.97. The van der Waals surface area contributed by atoms with Crippen LogP contribution in [0.2, 0.25) is 0 Å². The van der Waals surface area contributed by atoms with Gasteiger partial charge in [-0.1, -0.05) is 32.6 Å². The minimum Gasteiger partial charge on any atom is -0.372 e. The van der Waals surface area contributed by atoms with Gasteiger partial charge in [-0.05, 0) is 55.9 Å². The van der Waals surface area contributed by atoms with Crippen LogP contribution in [0.4, 0.5) is 11.4 Å². The van der Waals surface area contributed by atoms with Gasteiger partial charge in [0.1, 0.15) is 6.54 Å². The fraction of sp³-hybridized carbons (Fsp3) is 0.652. The molecule has 0 bridgehead atoms. The lowest BCUT2D eigenvalue weighted by molar-refractivity contribution is -0.135. The van der Waals surface area contributed by atoms with E-state index < -0.39 is 0 Å². The molecule has 2 fully saturated rings. The van der Waals surface area contributed by atoms with Crippen molar-refractivity contribution in [2.24, 2.45) is 5.92 Å². The Morgan fingerprint density at radius 2 is 1.61 bits per heavy atom. The monoisotopic (exact) mass is 385 g/mol. The molecule has 0 radical (unpaired) electrons. The molecular weight excluding hydrogens is 350 g/mol. The zero-order valence-corrected chi connectivity index (χ0v) is 17.5. The highest BCUT2D eigenvalue weighted by molar-refractivity contribution is 5.94. The highest BCUT2D eigenvalue weighted by Crippen LogP contribution is 2.25. The number of carbonyl (C=O) groups excluding carboxylic acids is 2. The number of anilines is 2. The second kappa shape index (κ2) is 9.94. The van der Waals surface area contributed by atoms with Crippen LogP contribution in [0.5, 0.6) is 0 Å². The lowest BCUT2D eigenvalue weighted by Crippen LogP contribution is -2.43. The molecule has 1 heterocycles. The number of benzene rings is 1. The molecule has 1 N–H and O–H groups in total. The molecule has 1 saturated heterocycles. The summed E-state index contributed by atoms with van der Waals surface area (Å²) in [7, 11) is 0. The molecule has 5 heteroatoms. The topological polar surface area (TPSA) is 52.7 Å². The van der Waals surface area contributed by atoms with Crippen molar-refractivity contribution in [2.75, 3.05) is 29.9 Å². The van der Waals surface area contributed by atoms with E-state index in [0.29, 0.717) is 0 Å². The van der Waals surface area contributed by atoms with Crippen molar-refractivity contribution < 1.29 is 9.59 Å². The van der Waals surface area contributed by atoms with Crippen molar-refractivity contribution in [3.63, 3.8) is 0 Å². The first-order chi connectivity index (χ1) is 13.5. The Morgan fingerprint density at radius 3 is 2.18 bits per heavy atom. The van der Waals surface area contributed by atoms with E-state index in [2.05, 4.69) is 29.3 Å². The molecule has 1 aromatic rings. The molecule has 154 valence electrons. The maximum Gasteiger partial charge on any atom is 0.244 e. The van der Waals surface area contributed by atoms with Crippen LogP contribution in [-0.2, 0) is 9.59 Å². The third-order valence-electron chi connectivity index (χ3n) is 6.28. The van der Waals surface area contributed by atoms with Gasteiger partial charge in [-0.15, -0.1) is 0 Å². The molecular formula is C23H35N3O2. The largest absolute Gasteiger partial charge is 0.372 e. The predicted octanol–water partition coefficient (Wildman–Crippen LogP) is 4.43. The molecule has 0 aromatic heterocycles. The Balaban J connectivity index is 1.55. The highest BCUT2D eigenvalue weighted by atomic mass is 16.2. The van der Waals surface area contributed by atoms with Crippen LogP contribution in [-0.4, -0.2) is 42.4 Å². The Hall–Kier alpha value is -2.04. The predicted molar refractivity (Wildman–Crippen MR) is 115 cm³/mol. The normalized spacial score (nSPS) is 19.1. The van der Waals surface area contributed by atoms with E-state index in [1.807, 2.05) is 12.1 Å². The number of amides is 2. The second-order valence-corrected chi connectivity index (χ2v) is 8.56. The molecule has 2 aliphatic rings. The van der Waals surface area contributed by atoms with Gasteiger partial charge in [-0.3, -0.25) is 9.59 Å². The van der Waals surface area contributed by atoms with E-state index >= 15 is 0 Å². The fourth-order valence-electron chi connectivity index (χ4n) is 4.44. The molecule has 28 heavy (non-hydrogen) atoms. The summed E-state index contributed by atoms with van der Waals surface area (Å²) in [6.07, 6.45) is 9.25. The Morgan fingerprint density at radius 1 is 1.00 bits per heavy atom. The smallest absolute Gasteiger partial charge is 0.244 e. The van der Waals surface area contributed by atoms with Crippen LogP contribution in [0.3, 0.4) is 0 Å². The third kappa shape index (κ3) is 5.73. The number of piperidine rings is 1. The zero-order valence-electron chi connectivity index (χ0n) is 17.5. The van der Waals surface area contributed by atoms with Gasteiger partial charge in [0.05, 0.1) is 0 Å². The third-order valence-corrected chi connectivity index (χ3v) is 6.28. The van der Waals surface area contributed by atoms with E-state index in [9.17, 15) is 9.59 Å². The minimum atomic E-state index is -0.112. The van der Waals surface area contributed by atoms with Crippen LogP contribution in [0.15, 0.2) is 24.3 Å². The van der Waals surface area contributed by atoms with E-state index in [-0.39, 0.29) is 24.4 Å². The Bertz CT molecular complexity index is 642. The summed E-state index contributed by atoms with van der Waals surface area (Å²) in [6, 6.07) is 8.30. The van der Waals surface area contributed by atoms with Crippen molar-refractivity contribution in [1.29, 1.82) is 0 Å². The number of carbonyl (C=O) groups is 2. The van der Waals surface area contributed by atoms with Crippen molar-refractivity contribution in [3.8, 4) is 0 Å². The maximum atomic E-state index is 12.6. The molecule has 1 aliphatic heterocycles. The van der Waals surface area contributed by atoms with E-state index in [1.165, 1.54) is 31.4 Å². The minimum absolute atomic E-state index is 0.00303. The molecule has 0 spiro atoms. The zero-order chi connectivity index (χ0) is 19.9. The second-order valence-electron chi connectivity index (χ2n) is 8.56. The standard InChI is InChI=1S/C23H35N3O2/c1-18-13-15-25(16-14-18)21-11-9-20(10-12-21)24-23(28)17-26(19(2)27)22-7-5-3-4-6-8-22/h9-12,18,22H,3-8,13-17H2,1-2H3,(H,24,28). The van der Waals surface area contributed by atoms with Crippen molar-refractivity contribution in [1.82, 2.24) is 4.90 Å². The first-order valence-electron chi connectivity index (χ1n) is 10.9. The van der Waals surface area contributed by atoms with Crippen LogP contribution in [0.25, 0.3) is 0 Å². The lowest BCUT2D eigenvalue weighted by Gasteiger charge is -2.32. The molecule has 1 saturated carbocycles. The van der Waals surface area contributed by atoms with Crippen molar-refractivity contribution >= 4 is 23.2 Å². The average Bonchev–Trinajstić information content (AvgIpc) is 2.96. The fourth-order valence-corrected chi connectivity index (χ4v) is 4.44. The van der Waals surface area contributed by atoms with E-state index in [4.69, 9.17) is 0 Å². The summed E-state index contributed by atoms with van der Waals surface area (Å²) in [6.45, 7) is 6.23. The summed E-state index contributed by atoms with van der Waals surface area (Å²) in [4.78, 5) is 28.9. The van der Waals surface area contributed by atoms with Crippen molar-refractivity contribution in [2.45, 2.75) is 71.3 Å². The summed E-state index contributed by atoms with van der Waals surface area (Å²) in [5.41, 5.74) is 2.01. The number of hydrogen-bond acceptors (Lipinski definition) is 3. The molecule has 0 atom stereocenters. The van der Waals surface area contributed by atoms with Gasteiger partial charge in [0, 0.05) is 37.4 Å². The van der Waals surface area contributed by atoms with Gasteiger partial charge in [-0.25, -0.2) is 0 Å². The van der Waals surface area contributed by atoms with Gasteiger partial charge in [0.2, 0.25) is 11.8 Å². The van der Waals surface area contributed by atoms with Crippen LogP contribution in [0, 0.1) is 5.92 Å². The molecule has 5 nitrogen and oxygen atoms in total. The SMILES string of the molecule is CC(=O)N(CC(=O)Nc1ccc(N2CCC(C)CC2)cc1)C1CCCCCC1. The maximum absolute atomic E-state index is 12.6. The average molecular weight is 386 g/mol. The molecule has 1 aliphatic carbocycles. The summed E-state index contributed by atoms with van der Waals surface area (Å²) < 4.78 is 0. The quantitative estimate of drug-likeness (QED) is 0.763. The highest BCUT2D eigenvalue weighted by Gasteiger charge is 2.24. The molecule has 1 aromatic carbocycles. The number of hydrogen-bond donors (Lipinski definition) is 1. The summed E-state index contributed by atoms with van der Waals surface area (Å²) >= 11 is 0. The first kappa shape index (κ1) is 20.7. The molecule has 0 unspecified atom stereocenters. The van der Waals surface area contributed by atoms with E-state index in [0.717, 1.165) is 50.4 Å². The van der Waals surface area contributed by atoms with Crippen LogP contribution in [0.1, 0.15) is 65.2 Å². The van der Waals surface area contributed by atoms with Crippen molar-refractivity contribution in [3.05, 3.63) is 24.3 Å². The number of nitrogens with one attached hydrogen (secondary N) is 1. The Labute approximate surface area is 169 Å². The summed E-state index contributed by atoms with van der Waals surface area (Å²) in [5.74, 6) is 0.697. The lowest BCUT2D eigenvalue weighted by atomic mass is 9.99. The van der Waals surface area contributed by atoms with Crippen LogP contribution < -0.4 is 10.2 Å². The van der Waals surface area contributed by atoms with E-state index in [1.54, 1.807) is 11.8 Å². The van der Waals surface area contributed by atoms with Crippen LogP contribution >= 0.6 is 0 Å². The van der Waals surface area contributed by atoms with Gasteiger partial charge in [-0.2, -0.15) is 0 Å². The Kier molecular flexibility index (Phi) is 7.35. The van der Waals surface area contributed by atoms with Gasteiger partial charge >= 0.3 is 0 Å². The number of rotatable bonds is 5. The van der Waals surface area contributed by atoms with Gasteiger partial charge in [0.25, 0.3) is 0 Å². The van der Waals surface area contributed by atoms with Gasteiger partial charge < -0.3 is 15.1 Å². The number of nitrogens with zero attached hydrogens (tertiary/aromatic N) is 2. The first-order valence-corrected chi connectivity index (χ1v) is 10.9. The van der Waals surface area contributed by atoms with Gasteiger partial charge in [0.15, 0.2) is 0 Å².